The molecular formula is C18H25ClN4O4S. The number of methoxy groups -OCH3 is 1. The number of aromatic nitrogens is 2. The van der Waals surface area contributed by atoms with Crippen LogP contribution in [0.1, 0.15) is 43.0 Å². The molecule has 0 spiro atoms. The van der Waals surface area contributed by atoms with Crippen molar-refractivity contribution in [3.8, 4) is 5.75 Å². The molecule has 0 unspecified atom stereocenters. The fourth-order valence-corrected chi connectivity index (χ4v) is 4.18. The van der Waals surface area contributed by atoms with Crippen molar-refractivity contribution in [3.63, 3.8) is 0 Å². The summed E-state index contributed by atoms with van der Waals surface area (Å²) in [5.41, 5.74) is 6.49. The molecular weight excluding hydrogens is 404 g/mol. The molecule has 2 aromatic rings. The lowest BCUT2D eigenvalue weighted by Crippen LogP contribution is -2.34. The van der Waals surface area contributed by atoms with Crippen molar-refractivity contribution in [1.82, 2.24) is 14.4 Å². The molecule has 1 heterocycles. The van der Waals surface area contributed by atoms with Crippen LogP contribution in [0.5, 0.6) is 5.75 Å². The first-order valence-electron chi connectivity index (χ1n) is 8.68. The minimum atomic E-state index is -3.63. The van der Waals surface area contributed by atoms with Crippen LogP contribution in [0.2, 0.25) is 0 Å². The van der Waals surface area contributed by atoms with E-state index in [0.717, 1.165) is 30.0 Å². The van der Waals surface area contributed by atoms with Gasteiger partial charge in [0.05, 0.1) is 12.6 Å². The van der Waals surface area contributed by atoms with E-state index in [4.69, 9.17) is 15.0 Å². The molecule has 1 aromatic carbocycles. The molecule has 154 valence electrons. The van der Waals surface area contributed by atoms with Crippen molar-refractivity contribution in [2.45, 2.75) is 36.1 Å². The first-order chi connectivity index (χ1) is 12.8. The summed E-state index contributed by atoms with van der Waals surface area (Å²) in [4.78, 5) is 4.46. The number of hydrogen-bond donors (Lipinski definition) is 1. The number of halogens is 1. The molecule has 0 atom stereocenters. The summed E-state index contributed by atoms with van der Waals surface area (Å²) in [5, 5.41) is 4.00. The van der Waals surface area contributed by atoms with Crippen molar-refractivity contribution in [2.24, 2.45) is 5.73 Å². The Labute approximate surface area is 171 Å². The Hall–Kier alpha value is -1.94. The third kappa shape index (κ3) is 4.38. The quantitative estimate of drug-likeness (QED) is 0.752. The minimum Gasteiger partial charge on any atom is -0.495 e. The van der Waals surface area contributed by atoms with Crippen molar-refractivity contribution in [3.05, 3.63) is 35.5 Å². The van der Waals surface area contributed by atoms with E-state index in [1.165, 1.54) is 21.2 Å². The van der Waals surface area contributed by atoms with Gasteiger partial charge in [-0.1, -0.05) is 24.1 Å². The SMILES string of the molecule is COc1ccc(/C=C/c2nc(C3(N)CCCC3)no2)cc1S(=O)(=O)N(C)C.Cl. The largest absolute Gasteiger partial charge is 0.495 e. The Bertz CT molecular complexity index is 950. The molecule has 0 aliphatic heterocycles. The molecule has 0 radical (unpaired) electrons. The summed E-state index contributed by atoms with van der Waals surface area (Å²) in [6, 6.07) is 4.91. The predicted octanol–water partition coefficient (Wildman–Crippen LogP) is 2.65. The molecule has 0 bridgehead atoms. The standard InChI is InChI=1S/C18H24N4O4S.ClH/c1-22(2)27(23,24)15-12-13(6-8-14(15)25-3)7-9-16-20-17(21-26-16)18(19)10-4-5-11-18;/h6-9,12H,4-5,10-11,19H2,1-3H3;1H/b9-7+;. The van der Waals surface area contributed by atoms with E-state index in [1.54, 1.807) is 30.4 Å². The van der Waals surface area contributed by atoms with Crippen molar-refractivity contribution in [2.75, 3.05) is 21.2 Å². The van der Waals surface area contributed by atoms with Gasteiger partial charge in [-0.25, -0.2) is 12.7 Å². The van der Waals surface area contributed by atoms with E-state index >= 15 is 0 Å². The first-order valence-corrected chi connectivity index (χ1v) is 10.1. The van der Waals surface area contributed by atoms with Crippen molar-refractivity contribution < 1.29 is 17.7 Å². The van der Waals surface area contributed by atoms with Crippen LogP contribution in [0, 0.1) is 0 Å². The summed E-state index contributed by atoms with van der Waals surface area (Å²) >= 11 is 0. The van der Waals surface area contributed by atoms with Crippen LogP contribution in [0.3, 0.4) is 0 Å². The molecule has 1 fully saturated rings. The second-order valence-electron chi connectivity index (χ2n) is 6.85. The third-order valence-corrected chi connectivity index (χ3v) is 6.58. The minimum absolute atomic E-state index is 0. The number of nitrogens with two attached hydrogens (primary N) is 1. The van der Waals surface area contributed by atoms with Crippen LogP contribution in [0.15, 0.2) is 27.6 Å². The smallest absolute Gasteiger partial charge is 0.250 e. The number of rotatable bonds is 6. The average molecular weight is 429 g/mol. The van der Waals surface area contributed by atoms with Gasteiger partial charge in [0.2, 0.25) is 10.0 Å². The number of sulfonamides is 1. The summed E-state index contributed by atoms with van der Waals surface area (Å²) < 4.78 is 36.6. The van der Waals surface area contributed by atoms with E-state index in [1.807, 2.05) is 0 Å². The Morgan fingerprint density at radius 2 is 1.93 bits per heavy atom. The normalized spacial score (nSPS) is 16.5. The maximum absolute atomic E-state index is 12.5. The summed E-state index contributed by atoms with van der Waals surface area (Å²) in [5.74, 6) is 1.13. The number of benzene rings is 1. The molecule has 1 aliphatic carbocycles. The molecule has 8 nitrogen and oxygen atoms in total. The van der Waals surface area contributed by atoms with Gasteiger partial charge in [-0.2, -0.15) is 4.98 Å². The zero-order valence-electron chi connectivity index (χ0n) is 16.1. The van der Waals surface area contributed by atoms with E-state index in [-0.39, 0.29) is 23.1 Å². The molecule has 3 rings (SSSR count). The van der Waals surface area contributed by atoms with Gasteiger partial charge < -0.3 is 15.0 Å². The second kappa shape index (κ2) is 8.60. The topological polar surface area (TPSA) is 112 Å². The molecule has 28 heavy (non-hydrogen) atoms. The molecule has 1 saturated carbocycles. The van der Waals surface area contributed by atoms with Crippen LogP contribution in [-0.4, -0.2) is 44.1 Å². The number of hydrogen-bond acceptors (Lipinski definition) is 7. The molecule has 2 N–H and O–H groups in total. The van der Waals surface area contributed by atoms with Crippen LogP contribution in [0.25, 0.3) is 12.2 Å². The second-order valence-corrected chi connectivity index (χ2v) is 8.97. The lowest BCUT2D eigenvalue weighted by Gasteiger charge is -2.17. The highest BCUT2D eigenvalue weighted by molar-refractivity contribution is 7.89. The Morgan fingerprint density at radius 1 is 1.25 bits per heavy atom. The molecule has 1 aromatic heterocycles. The van der Waals surface area contributed by atoms with E-state index < -0.39 is 15.6 Å². The molecule has 1 aliphatic rings. The third-order valence-electron chi connectivity index (χ3n) is 4.75. The Balaban J connectivity index is 0.00000280. The maximum atomic E-state index is 12.5. The highest BCUT2D eigenvalue weighted by atomic mass is 35.5. The van der Waals surface area contributed by atoms with Crippen LogP contribution >= 0.6 is 12.4 Å². The highest BCUT2D eigenvalue weighted by Gasteiger charge is 2.35. The van der Waals surface area contributed by atoms with Gasteiger partial charge in [0.1, 0.15) is 10.6 Å². The van der Waals surface area contributed by atoms with Gasteiger partial charge in [-0.3, -0.25) is 0 Å². The van der Waals surface area contributed by atoms with E-state index in [9.17, 15) is 8.42 Å². The lowest BCUT2D eigenvalue weighted by atomic mass is 9.99. The van der Waals surface area contributed by atoms with Crippen molar-refractivity contribution >= 4 is 34.6 Å². The van der Waals surface area contributed by atoms with E-state index in [0.29, 0.717) is 17.3 Å². The first kappa shape index (κ1) is 22.4. The van der Waals surface area contributed by atoms with Crippen molar-refractivity contribution in [1.29, 1.82) is 0 Å². The zero-order chi connectivity index (χ0) is 19.7. The molecule has 0 amide bonds. The Kier molecular flexibility index (Phi) is 6.87. The Morgan fingerprint density at radius 3 is 2.54 bits per heavy atom. The highest BCUT2D eigenvalue weighted by Crippen LogP contribution is 2.34. The molecule has 10 heteroatoms. The van der Waals surface area contributed by atoms with Gasteiger partial charge in [0.15, 0.2) is 5.82 Å². The van der Waals surface area contributed by atoms with Crippen LogP contribution in [-0.2, 0) is 15.6 Å². The summed E-state index contributed by atoms with van der Waals surface area (Å²) in [6.45, 7) is 0. The summed E-state index contributed by atoms with van der Waals surface area (Å²) in [7, 11) is 0.752. The van der Waals surface area contributed by atoms with Gasteiger partial charge in [-0.05, 0) is 36.6 Å². The predicted molar refractivity (Wildman–Crippen MR) is 109 cm³/mol. The molecule has 0 saturated heterocycles. The van der Waals surface area contributed by atoms with Gasteiger partial charge >= 0.3 is 0 Å². The number of nitrogens with zero attached hydrogens (tertiary/aromatic N) is 3. The van der Waals surface area contributed by atoms with Gasteiger partial charge in [0, 0.05) is 20.2 Å². The monoisotopic (exact) mass is 428 g/mol. The lowest BCUT2D eigenvalue weighted by molar-refractivity contribution is 0.364. The van der Waals surface area contributed by atoms with Crippen LogP contribution in [0.4, 0.5) is 0 Å². The van der Waals surface area contributed by atoms with Crippen LogP contribution < -0.4 is 10.5 Å². The summed E-state index contributed by atoms with van der Waals surface area (Å²) in [6.07, 6.45) is 7.17. The number of ether oxygens (including phenoxy) is 1. The fraction of sp³-hybridized carbons (Fsp3) is 0.444. The fourth-order valence-electron chi connectivity index (χ4n) is 3.10. The van der Waals surface area contributed by atoms with Gasteiger partial charge in [-0.15, -0.1) is 12.4 Å². The van der Waals surface area contributed by atoms with E-state index in [2.05, 4.69) is 10.1 Å². The zero-order valence-corrected chi connectivity index (χ0v) is 17.7. The maximum Gasteiger partial charge on any atom is 0.250 e. The average Bonchev–Trinajstić information content (AvgIpc) is 3.29. The van der Waals surface area contributed by atoms with Gasteiger partial charge in [0.25, 0.3) is 5.89 Å².